The van der Waals surface area contributed by atoms with Gasteiger partial charge in [0.1, 0.15) is 0 Å². The second-order valence-corrected chi connectivity index (χ2v) is 10.2. The van der Waals surface area contributed by atoms with Crippen molar-refractivity contribution in [1.82, 2.24) is 5.43 Å². The van der Waals surface area contributed by atoms with Gasteiger partial charge in [0, 0.05) is 46.6 Å². The van der Waals surface area contributed by atoms with Crippen molar-refractivity contribution in [3.05, 3.63) is 119 Å². The maximum absolute atomic E-state index is 13.1. The first-order valence-corrected chi connectivity index (χ1v) is 12.7. The van der Waals surface area contributed by atoms with Crippen LogP contribution in [0.4, 0.5) is 11.4 Å². The summed E-state index contributed by atoms with van der Waals surface area (Å²) in [4.78, 5) is 29.7. The zero-order chi connectivity index (χ0) is 26.4. The number of fused-ring (bicyclic) bond motifs is 1. The van der Waals surface area contributed by atoms with Gasteiger partial charge < -0.3 is 9.80 Å². The second-order valence-electron chi connectivity index (χ2n) is 10.2. The van der Waals surface area contributed by atoms with Crippen LogP contribution in [0.1, 0.15) is 45.7 Å². The van der Waals surface area contributed by atoms with E-state index in [0.29, 0.717) is 12.1 Å². The summed E-state index contributed by atoms with van der Waals surface area (Å²) in [5, 5.41) is 6.22. The van der Waals surface area contributed by atoms with E-state index in [9.17, 15) is 9.59 Å². The molecule has 0 spiro atoms. The highest BCUT2D eigenvalue weighted by Gasteiger charge is 2.37. The number of carbonyl (C=O) groups is 2. The smallest absolute Gasteiger partial charge is 0.271 e. The fraction of sp³-hybridized carbons (Fsp3) is 0.156. The molecule has 2 aliphatic heterocycles. The molecule has 4 aromatic rings. The molecule has 6 rings (SSSR count). The van der Waals surface area contributed by atoms with Gasteiger partial charge in [-0.15, -0.1) is 0 Å². The number of hydrogen-bond acceptors (Lipinski definition) is 4. The molecule has 0 atom stereocenters. The summed E-state index contributed by atoms with van der Waals surface area (Å²) in [6, 6.07) is 27.4. The van der Waals surface area contributed by atoms with Gasteiger partial charge >= 0.3 is 0 Å². The van der Waals surface area contributed by atoms with E-state index in [1.54, 1.807) is 23.2 Å². The molecular weight excluding hydrogens is 472 g/mol. The maximum Gasteiger partial charge on any atom is 0.271 e. The highest BCUT2D eigenvalue weighted by molar-refractivity contribution is 6.24. The predicted octanol–water partition coefficient (Wildman–Crippen LogP) is 6.03. The minimum absolute atomic E-state index is 0.00116. The van der Waals surface area contributed by atoms with Gasteiger partial charge in [0.15, 0.2) is 0 Å². The van der Waals surface area contributed by atoms with E-state index in [4.69, 9.17) is 0 Å². The average molecular weight is 501 g/mol. The average Bonchev–Trinajstić information content (AvgIpc) is 3.31. The highest BCUT2D eigenvalue weighted by Crippen LogP contribution is 2.46. The van der Waals surface area contributed by atoms with Crippen LogP contribution in [0.5, 0.6) is 0 Å². The van der Waals surface area contributed by atoms with Crippen molar-refractivity contribution in [3.8, 4) is 0 Å². The van der Waals surface area contributed by atoms with Crippen LogP contribution in [0.3, 0.4) is 0 Å². The number of amides is 2. The number of benzene rings is 4. The van der Waals surface area contributed by atoms with Gasteiger partial charge in [-0.2, -0.15) is 5.10 Å². The highest BCUT2D eigenvalue weighted by atomic mass is 16.2. The Hall–Kier alpha value is -4.71. The minimum atomic E-state index is -0.289. The predicted molar refractivity (Wildman–Crippen MR) is 153 cm³/mol. The van der Waals surface area contributed by atoms with Gasteiger partial charge in [-0.3, -0.25) is 9.59 Å². The first-order chi connectivity index (χ1) is 18.4. The largest absolute Gasteiger partial charge is 0.347 e. The molecule has 2 heterocycles. The summed E-state index contributed by atoms with van der Waals surface area (Å²) in [6.07, 6.45) is 3.57. The Bertz CT molecular complexity index is 1640. The molecule has 0 aromatic heterocycles. The van der Waals surface area contributed by atoms with Crippen molar-refractivity contribution in [1.29, 1.82) is 0 Å². The Balaban J connectivity index is 1.12. The lowest BCUT2D eigenvalue weighted by molar-refractivity contribution is 0.0953. The summed E-state index contributed by atoms with van der Waals surface area (Å²) in [5.41, 5.74) is 9.12. The van der Waals surface area contributed by atoms with Gasteiger partial charge in [-0.25, -0.2) is 5.43 Å². The number of hydrazone groups is 1. The van der Waals surface area contributed by atoms with E-state index in [-0.39, 0.29) is 17.2 Å². The number of carbonyl (C=O) groups excluding carboxylic acids is 2. The lowest BCUT2D eigenvalue weighted by atomic mass is 9.84. The molecular formula is C32H28N4O2. The van der Waals surface area contributed by atoms with Gasteiger partial charge in [0.25, 0.3) is 11.8 Å². The Kier molecular flexibility index (Phi) is 5.60. The van der Waals surface area contributed by atoms with E-state index in [1.807, 2.05) is 67.7 Å². The van der Waals surface area contributed by atoms with E-state index < -0.39 is 0 Å². The van der Waals surface area contributed by atoms with E-state index in [0.717, 1.165) is 33.3 Å². The van der Waals surface area contributed by atoms with Crippen molar-refractivity contribution < 1.29 is 9.59 Å². The third-order valence-electron chi connectivity index (χ3n) is 7.62. The lowest BCUT2D eigenvalue weighted by Gasteiger charge is -2.23. The number of para-hydroxylation sites is 1. The molecule has 2 amide bonds. The zero-order valence-electron chi connectivity index (χ0n) is 21.6. The molecule has 6 nitrogen and oxygen atoms in total. The van der Waals surface area contributed by atoms with Crippen LogP contribution in [0.2, 0.25) is 0 Å². The number of rotatable bonds is 5. The maximum atomic E-state index is 13.1. The summed E-state index contributed by atoms with van der Waals surface area (Å²) in [5.74, 6) is -0.288. The van der Waals surface area contributed by atoms with Crippen molar-refractivity contribution in [2.45, 2.75) is 25.8 Å². The minimum Gasteiger partial charge on any atom is -0.347 e. The van der Waals surface area contributed by atoms with E-state index >= 15 is 0 Å². The van der Waals surface area contributed by atoms with Crippen molar-refractivity contribution in [2.75, 3.05) is 16.8 Å². The lowest BCUT2D eigenvalue weighted by Crippen LogP contribution is -2.26. The van der Waals surface area contributed by atoms with Gasteiger partial charge in [0.05, 0.1) is 12.2 Å². The first-order valence-electron chi connectivity index (χ1n) is 12.7. The molecule has 2 aliphatic rings. The molecule has 188 valence electrons. The van der Waals surface area contributed by atoms with Gasteiger partial charge in [-0.05, 0) is 52.9 Å². The Labute approximate surface area is 221 Å². The number of allylic oxidation sites excluding steroid dienone is 2. The third kappa shape index (κ3) is 3.77. The van der Waals surface area contributed by atoms with Crippen LogP contribution in [0.15, 0.2) is 102 Å². The summed E-state index contributed by atoms with van der Waals surface area (Å²) in [6.45, 7) is 4.81. The summed E-state index contributed by atoms with van der Waals surface area (Å²) >= 11 is 0. The van der Waals surface area contributed by atoms with E-state index in [1.165, 1.54) is 11.3 Å². The Morgan fingerprint density at radius 1 is 0.921 bits per heavy atom. The molecule has 38 heavy (non-hydrogen) atoms. The Morgan fingerprint density at radius 2 is 1.63 bits per heavy atom. The third-order valence-corrected chi connectivity index (χ3v) is 7.62. The summed E-state index contributed by atoms with van der Waals surface area (Å²) in [7, 11) is 2.04. The van der Waals surface area contributed by atoms with Crippen LogP contribution in [-0.4, -0.2) is 25.1 Å². The number of nitrogens with zero attached hydrogens (tertiary/aromatic N) is 3. The van der Waals surface area contributed by atoms with E-state index in [2.05, 4.69) is 47.5 Å². The molecule has 0 radical (unpaired) electrons. The van der Waals surface area contributed by atoms with Gasteiger partial charge in [-0.1, -0.05) is 68.4 Å². The van der Waals surface area contributed by atoms with Crippen LogP contribution in [0, 0.1) is 0 Å². The normalized spacial score (nSPS) is 16.6. The molecule has 0 aliphatic carbocycles. The van der Waals surface area contributed by atoms with Crippen LogP contribution >= 0.6 is 0 Å². The van der Waals surface area contributed by atoms with Crippen LogP contribution in [0.25, 0.3) is 10.8 Å². The number of nitrogens with one attached hydrogen (secondary N) is 1. The fourth-order valence-corrected chi connectivity index (χ4v) is 5.65. The first kappa shape index (κ1) is 23.7. The summed E-state index contributed by atoms with van der Waals surface area (Å²) < 4.78 is 0. The molecule has 4 aromatic carbocycles. The zero-order valence-corrected chi connectivity index (χ0v) is 21.6. The Morgan fingerprint density at radius 3 is 2.39 bits per heavy atom. The van der Waals surface area contributed by atoms with Crippen molar-refractivity contribution >= 4 is 40.2 Å². The SMILES string of the molecule is CN1C(=CC=NNC(=O)c2ccc(CN3C(=O)c4cccc5cccc3c45)cc2)C(C)(C)c2ccccc21. The number of likely N-dealkylation sites (N-methyl/N-ethyl adjacent to an activating group) is 1. The van der Waals surface area contributed by atoms with Crippen molar-refractivity contribution in [2.24, 2.45) is 5.10 Å². The molecule has 1 N–H and O–H groups in total. The molecule has 0 fully saturated rings. The number of hydrogen-bond donors (Lipinski definition) is 1. The fourth-order valence-electron chi connectivity index (χ4n) is 5.65. The van der Waals surface area contributed by atoms with Crippen molar-refractivity contribution in [3.63, 3.8) is 0 Å². The topological polar surface area (TPSA) is 65.0 Å². The molecule has 0 saturated heterocycles. The molecule has 6 heteroatoms. The molecule has 0 bridgehead atoms. The molecule has 0 unspecified atom stereocenters. The van der Waals surface area contributed by atoms with Gasteiger partial charge in [0.2, 0.25) is 0 Å². The number of anilines is 2. The quantitative estimate of drug-likeness (QED) is 0.269. The monoisotopic (exact) mass is 500 g/mol. The van der Waals surface area contributed by atoms with Crippen LogP contribution < -0.4 is 15.2 Å². The second kappa shape index (κ2) is 8.99. The van der Waals surface area contributed by atoms with Crippen LogP contribution in [-0.2, 0) is 12.0 Å². The molecule has 0 saturated carbocycles. The standard InChI is InChI=1S/C32H28N4O2/c1-32(2)25-11-4-5-12-26(25)35(3)28(32)18-19-33-34-30(37)23-16-14-21(15-17-23)20-36-27-13-7-9-22-8-6-10-24(29(22)27)31(36)38/h4-19H,20H2,1-3H3,(H,34,37).